The molecule has 0 bridgehead atoms. The lowest BCUT2D eigenvalue weighted by Gasteiger charge is -2.01. The van der Waals surface area contributed by atoms with Gasteiger partial charge in [-0.3, -0.25) is 9.59 Å². The maximum Gasteiger partial charge on any atom is 0.288 e. The van der Waals surface area contributed by atoms with Crippen LogP contribution in [0.1, 0.15) is 10.6 Å². The van der Waals surface area contributed by atoms with Crippen molar-refractivity contribution in [2.24, 2.45) is 5.73 Å². The molecule has 15 heavy (non-hydrogen) atoms. The van der Waals surface area contributed by atoms with Gasteiger partial charge in [-0.1, -0.05) is 12.1 Å². The first-order valence-electron chi connectivity index (χ1n) is 4.16. The van der Waals surface area contributed by atoms with Gasteiger partial charge in [-0.15, -0.1) is 0 Å². The average molecular weight is 205 g/mol. The van der Waals surface area contributed by atoms with E-state index in [1.54, 1.807) is 12.1 Å². The highest BCUT2D eigenvalue weighted by Gasteiger charge is 2.16. The molecule has 3 N–H and O–H groups in total. The number of rotatable bonds is 1. The van der Waals surface area contributed by atoms with Gasteiger partial charge in [0.25, 0.3) is 5.91 Å². The van der Waals surface area contributed by atoms with Gasteiger partial charge in [0.05, 0.1) is 5.39 Å². The van der Waals surface area contributed by atoms with Crippen LogP contribution >= 0.6 is 0 Å². The molecule has 2 rings (SSSR count). The van der Waals surface area contributed by atoms with Crippen molar-refractivity contribution in [2.45, 2.75) is 0 Å². The number of carbonyl (C=O) groups excluding carboxylic acids is 1. The molecule has 0 fully saturated rings. The highest BCUT2D eigenvalue weighted by Crippen LogP contribution is 2.18. The van der Waals surface area contributed by atoms with E-state index in [2.05, 4.69) is 0 Å². The molecule has 0 spiro atoms. The number of amides is 1. The molecule has 0 aliphatic rings. The predicted molar refractivity (Wildman–Crippen MR) is 52.7 cm³/mol. The van der Waals surface area contributed by atoms with Crippen LogP contribution in [0.2, 0.25) is 0 Å². The van der Waals surface area contributed by atoms with E-state index < -0.39 is 22.8 Å². The third-order valence-electron chi connectivity index (χ3n) is 2.00. The molecule has 0 aliphatic carbocycles. The normalized spacial score (nSPS) is 10.4. The molecule has 5 heteroatoms. The SMILES string of the molecule is NC(=O)c1oc2ccccc2c(=O)c1O. The molecule has 0 aliphatic heterocycles. The maximum atomic E-state index is 11.5. The van der Waals surface area contributed by atoms with Gasteiger partial charge in [0.2, 0.25) is 16.9 Å². The second kappa shape index (κ2) is 3.13. The molecule has 0 saturated heterocycles. The lowest BCUT2D eigenvalue weighted by atomic mass is 10.2. The lowest BCUT2D eigenvalue weighted by molar-refractivity contribution is 0.0970. The highest BCUT2D eigenvalue weighted by molar-refractivity contribution is 5.94. The summed E-state index contributed by atoms with van der Waals surface area (Å²) in [5.41, 5.74) is 4.50. The molecule has 0 saturated carbocycles. The fourth-order valence-electron chi connectivity index (χ4n) is 1.30. The van der Waals surface area contributed by atoms with E-state index in [1.807, 2.05) is 0 Å². The van der Waals surface area contributed by atoms with Crippen LogP contribution in [-0.2, 0) is 0 Å². The van der Waals surface area contributed by atoms with E-state index >= 15 is 0 Å². The van der Waals surface area contributed by atoms with Crippen LogP contribution in [0.3, 0.4) is 0 Å². The second-order valence-electron chi connectivity index (χ2n) is 2.97. The summed E-state index contributed by atoms with van der Waals surface area (Å²) in [7, 11) is 0. The first-order chi connectivity index (χ1) is 7.11. The molecule has 1 aromatic heterocycles. The van der Waals surface area contributed by atoms with Crippen molar-refractivity contribution >= 4 is 16.9 Å². The number of primary amides is 1. The summed E-state index contributed by atoms with van der Waals surface area (Å²) in [5.74, 6) is -2.24. The summed E-state index contributed by atoms with van der Waals surface area (Å²) in [5, 5.41) is 9.57. The third-order valence-corrected chi connectivity index (χ3v) is 2.00. The van der Waals surface area contributed by atoms with Crippen molar-refractivity contribution in [3.63, 3.8) is 0 Å². The van der Waals surface area contributed by atoms with Crippen LogP contribution in [0.25, 0.3) is 11.0 Å². The standard InChI is InChI=1S/C10H7NO4/c11-10(14)9-8(13)7(12)5-3-1-2-4-6(5)15-9/h1-4,13H,(H2,11,14). The Morgan fingerprint density at radius 2 is 2.00 bits per heavy atom. The van der Waals surface area contributed by atoms with Crippen LogP contribution in [0.5, 0.6) is 5.75 Å². The van der Waals surface area contributed by atoms with Gasteiger partial charge in [-0.05, 0) is 12.1 Å². The number of carbonyl (C=O) groups is 1. The van der Waals surface area contributed by atoms with Crippen molar-refractivity contribution in [3.8, 4) is 5.75 Å². The number of hydrogen-bond acceptors (Lipinski definition) is 4. The van der Waals surface area contributed by atoms with Gasteiger partial charge in [-0.2, -0.15) is 0 Å². The van der Waals surface area contributed by atoms with E-state index in [0.29, 0.717) is 0 Å². The molecule has 76 valence electrons. The van der Waals surface area contributed by atoms with E-state index in [9.17, 15) is 14.7 Å². The molecule has 1 aromatic carbocycles. The Kier molecular flexibility index (Phi) is 1.93. The summed E-state index contributed by atoms with van der Waals surface area (Å²) in [6.45, 7) is 0. The molecule has 0 radical (unpaired) electrons. The number of hydrogen-bond donors (Lipinski definition) is 2. The van der Waals surface area contributed by atoms with Crippen LogP contribution in [0.4, 0.5) is 0 Å². The minimum absolute atomic E-state index is 0.208. The number of nitrogens with two attached hydrogens (primary N) is 1. The Balaban J connectivity index is 2.95. The highest BCUT2D eigenvalue weighted by atomic mass is 16.4. The Bertz CT molecular complexity index is 600. The van der Waals surface area contributed by atoms with Gasteiger partial charge in [0, 0.05) is 0 Å². The minimum atomic E-state index is -0.977. The first-order valence-corrected chi connectivity index (χ1v) is 4.16. The van der Waals surface area contributed by atoms with E-state index in [4.69, 9.17) is 10.2 Å². The molecule has 0 atom stereocenters. The molecule has 5 nitrogen and oxygen atoms in total. The summed E-state index contributed by atoms with van der Waals surface area (Å²) in [6.07, 6.45) is 0. The van der Waals surface area contributed by atoms with Crippen LogP contribution < -0.4 is 11.2 Å². The number of fused-ring (bicyclic) bond motifs is 1. The van der Waals surface area contributed by atoms with Crippen LogP contribution in [0.15, 0.2) is 33.5 Å². The number of para-hydroxylation sites is 1. The second-order valence-corrected chi connectivity index (χ2v) is 2.97. The fourth-order valence-corrected chi connectivity index (χ4v) is 1.30. The lowest BCUT2D eigenvalue weighted by Crippen LogP contribution is -2.15. The van der Waals surface area contributed by atoms with Gasteiger partial charge in [-0.25, -0.2) is 0 Å². The molecular weight excluding hydrogens is 198 g/mol. The van der Waals surface area contributed by atoms with E-state index in [1.165, 1.54) is 12.1 Å². The van der Waals surface area contributed by atoms with Crippen molar-refractivity contribution in [1.82, 2.24) is 0 Å². The van der Waals surface area contributed by atoms with Crippen LogP contribution in [-0.4, -0.2) is 11.0 Å². The van der Waals surface area contributed by atoms with Gasteiger partial charge >= 0.3 is 0 Å². The summed E-state index contributed by atoms with van der Waals surface area (Å²) < 4.78 is 5.01. The van der Waals surface area contributed by atoms with Crippen LogP contribution in [0, 0.1) is 0 Å². The first kappa shape index (κ1) is 9.26. The summed E-state index contributed by atoms with van der Waals surface area (Å²) in [6, 6.07) is 6.28. The van der Waals surface area contributed by atoms with Crippen molar-refractivity contribution < 1.29 is 14.3 Å². The smallest absolute Gasteiger partial charge is 0.288 e. The zero-order valence-corrected chi connectivity index (χ0v) is 7.56. The topological polar surface area (TPSA) is 93.5 Å². The van der Waals surface area contributed by atoms with E-state index in [0.717, 1.165) is 0 Å². The number of aromatic hydroxyl groups is 1. The average Bonchev–Trinajstić information content (AvgIpc) is 2.23. The van der Waals surface area contributed by atoms with Crippen molar-refractivity contribution in [3.05, 3.63) is 40.2 Å². The molecular formula is C10H7NO4. The Morgan fingerprint density at radius 3 is 2.67 bits per heavy atom. The third kappa shape index (κ3) is 1.34. The summed E-state index contributed by atoms with van der Waals surface area (Å²) in [4.78, 5) is 22.4. The van der Waals surface area contributed by atoms with E-state index in [-0.39, 0.29) is 11.0 Å². The largest absolute Gasteiger partial charge is 0.501 e. The summed E-state index contributed by atoms with van der Waals surface area (Å²) >= 11 is 0. The van der Waals surface area contributed by atoms with Gasteiger partial charge < -0.3 is 15.3 Å². The van der Waals surface area contributed by atoms with Crippen molar-refractivity contribution in [1.29, 1.82) is 0 Å². The molecule has 1 amide bonds. The molecule has 2 aromatic rings. The molecule has 1 heterocycles. The van der Waals surface area contributed by atoms with Gasteiger partial charge in [0.15, 0.2) is 0 Å². The zero-order chi connectivity index (χ0) is 11.0. The minimum Gasteiger partial charge on any atom is -0.501 e. The fraction of sp³-hybridized carbons (Fsp3) is 0. The monoisotopic (exact) mass is 205 g/mol. The predicted octanol–water partition coefficient (Wildman–Crippen LogP) is 0.597. The zero-order valence-electron chi connectivity index (χ0n) is 7.56. The Morgan fingerprint density at radius 1 is 1.33 bits per heavy atom. The Hall–Kier alpha value is -2.30. The quantitative estimate of drug-likeness (QED) is 0.712. The molecule has 0 unspecified atom stereocenters. The van der Waals surface area contributed by atoms with Gasteiger partial charge in [0.1, 0.15) is 5.58 Å². The number of benzene rings is 1. The Labute approximate surface area is 83.7 Å². The van der Waals surface area contributed by atoms with Crippen molar-refractivity contribution in [2.75, 3.05) is 0 Å². The maximum absolute atomic E-state index is 11.5.